The van der Waals surface area contributed by atoms with Gasteiger partial charge in [-0.2, -0.15) is 0 Å². The van der Waals surface area contributed by atoms with Crippen molar-refractivity contribution < 1.29 is 8.42 Å². The van der Waals surface area contributed by atoms with Crippen molar-refractivity contribution in [3.05, 3.63) is 35.9 Å². The lowest BCUT2D eigenvalue weighted by Crippen LogP contribution is -2.17. The summed E-state index contributed by atoms with van der Waals surface area (Å²) in [4.78, 5) is 0. The highest BCUT2D eigenvalue weighted by atomic mass is 32.2. The second kappa shape index (κ2) is 3.12. The Kier molecular flexibility index (Phi) is 2.09. The molecule has 0 spiro atoms. The van der Waals surface area contributed by atoms with Gasteiger partial charge in [0.25, 0.3) is 0 Å². The van der Waals surface area contributed by atoms with Crippen molar-refractivity contribution in [3.8, 4) is 0 Å². The maximum absolute atomic E-state index is 11.5. The van der Waals surface area contributed by atoms with Crippen LogP contribution in [0.5, 0.6) is 0 Å². The molecule has 13 heavy (non-hydrogen) atoms. The molecule has 0 bridgehead atoms. The zero-order chi connectivity index (χ0) is 9.31. The summed E-state index contributed by atoms with van der Waals surface area (Å²) in [6.45, 7) is 0.557. The van der Waals surface area contributed by atoms with Crippen LogP contribution in [0.2, 0.25) is 0 Å². The monoisotopic (exact) mass is 197 g/mol. The highest BCUT2D eigenvalue weighted by Crippen LogP contribution is 2.23. The van der Waals surface area contributed by atoms with Gasteiger partial charge in [0.05, 0.1) is 5.75 Å². The van der Waals surface area contributed by atoms with Gasteiger partial charge in [-0.05, 0) is 5.56 Å². The molecule has 1 aromatic carbocycles. The smallest absolute Gasteiger partial charge is 0.171 e. The van der Waals surface area contributed by atoms with Crippen LogP contribution in [0.15, 0.2) is 30.3 Å². The zero-order valence-electron chi connectivity index (χ0n) is 7.10. The Balaban J connectivity index is 2.38. The molecule has 1 aromatic rings. The van der Waals surface area contributed by atoms with Gasteiger partial charge < -0.3 is 0 Å². The van der Waals surface area contributed by atoms with Crippen molar-refractivity contribution in [2.24, 2.45) is 0 Å². The standard InChI is InChI=1S/C9H11NO2S/c11-13(12)7-6-10-9(13)8-4-2-1-3-5-8/h1-5,9-10H,6-7H2. The topological polar surface area (TPSA) is 46.2 Å². The summed E-state index contributed by atoms with van der Waals surface area (Å²) in [5.74, 6) is 0.243. The number of rotatable bonds is 1. The highest BCUT2D eigenvalue weighted by Gasteiger charge is 2.31. The Labute approximate surface area is 77.7 Å². The average Bonchev–Trinajstić information content (AvgIpc) is 2.47. The van der Waals surface area contributed by atoms with E-state index in [1.165, 1.54) is 0 Å². The summed E-state index contributed by atoms with van der Waals surface area (Å²) < 4.78 is 23.0. The summed E-state index contributed by atoms with van der Waals surface area (Å²) in [6.07, 6.45) is 0. The van der Waals surface area contributed by atoms with Crippen molar-refractivity contribution >= 4 is 9.84 Å². The molecule has 1 heterocycles. The van der Waals surface area contributed by atoms with Crippen LogP contribution in [0, 0.1) is 0 Å². The maximum atomic E-state index is 11.5. The minimum atomic E-state index is -2.95. The van der Waals surface area contributed by atoms with E-state index in [1.54, 1.807) is 0 Å². The van der Waals surface area contributed by atoms with Gasteiger partial charge in [-0.15, -0.1) is 0 Å². The molecule has 0 radical (unpaired) electrons. The first-order chi connectivity index (χ1) is 6.20. The normalized spacial score (nSPS) is 26.0. The largest absolute Gasteiger partial charge is 0.296 e. The molecule has 2 rings (SSSR count). The van der Waals surface area contributed by atoms with Crippen LogP contribution in [0.1, 0.15) is 10.9 Å². The molecule has 0 amide bonds. The first kappa shape index (κ1) is 8.72. The van der Waals surface area contributed by atoms with Crippen LogP contribution in [0.4, 0.5) is 0 Å². The van der Waals surface area contributed by atoms with E-state index in [2.05, 4.69) is 5.32 Å². The fourth-order valence-corrected chi connectivity index (χ4v) is 3.11. The summed E-state index contributed by atoms with van der Waals surface area (Å²) in [6, 6.07) is 9.25. The van der Waals surface area contributed by atoms with Gasteiger partial charge in [0.2, 0.25) is 0 Å². The quantitative estimate of drug-likeness (QED) is 0.721. The molecule has 4 heteroatoms. The molecule has 70 valence electrons. The van der Waals surface area contributed by atoms with Gasteiger partial charge in [-0.3, -0.25) is 5.32 Å². The van der Waals surface area contributed by atoms with Gasteiger partial charge in [0.15, 0.2) is 9.84 Å². The minimum Gasteiger partial charge on any atom is -0.296 e. The van der Waals surface area contributed by atoms with Gasteiger partial charge in [0, 0.05) is 6.54 Å². The van der Waals surface area contributed by atoms with Crippen molar-refractivity contribution in [2.75, 3.05) is 12.3 Å². The van der Waals surface area contributed by atoms with Crippen molar-refractivity contribution in [1.82, 2.24) is 5.32 Å². The first-order valence-corrected chi connectivity index (χ1v) is 5.91. The Hall–Kier alpha value is -0.870. The van der Waals surface area contributed by atoms with E-state index in [1.807, 2.05) is 30.3 Å². The van der Waals surface area contributed by atoms with E-state index >= 15 is 0 Å². The van der Waals surface area contributed by atoms with Crippen molar-refractivity contribution in [1.29, 1.82) is 0 Å². The minimum absolute atomic E-state index is 0.243. The van der Waals surface area contributed by atoms with Crippen LogP contribution >= 0.6 is 0 Å². The second-order valence-corrected chi connectivity index (χ2v) is 5.32. The van der Waals surface area contributed by atoms with E-state index in [-0.39, 0.29) is 5.75 Å². The predicted molar refractivity (Wildman–Crippen MR) is 51.0 cm³/mol. The molecule has 3 nitrogen and oxygen atoms in total. The fourth-order valence-electron chi connectivity index (χ4n) is 1.53. The Bertz CT molecular complexity index is 385. The van der Waals surface area contributed by atoms with Gasteiger partial charge in [0.1, 0.15) is 5.37 Å². The van der Waals surface area contributed by atoms with Crippen molar-refractivity contribution in [3.63, 3.8) is 0 Å². The molecule has 1 aliphatic heterocycles. The molecule has 1 N–H and O–H groups in total. The third kappa shape index (κ3) is 1.59. The van der Waals surface area contributed by atoms with E-state index in [9.17, 15) is 8.42 Å². The predicted octanol–water partition coefficient (Wildman–Crippen LogP) is 0.703. The second-order valence-electron chi connectivity index (χ2n) is 3.11. The number of hydrogen-bond acceptors (Lipinski definition) is 3. The number of sulfone groups is 1. The van der Waals surface area contributed by atoms with E-state index < -0.39 is 15.2 Å². The molecule has 1 aliphatic rings. The Morgan fingerprint density at radius 2 is 1.92 bits per heavy atom. The number of nitrogens with one attached hydrogen (secondary N) is 1. The third-order valence-corrected chi connectivity index (χ3v) is 4.11. The van der Waals surface area contributed by atoms with E-state index in [0.717, 1.165) is 5.56 Å². The van der Waals surface area contributed by atoms with E-state index in [4.69, 9.17) is 0 Å². The van der Waals surface area contributed by atoms with Crippen molar-refractivity contribution in [2.45, 2.75) is 5.37 Å². The van der Waals surface area contributed by atoms with Crippen LogP contribution in [-0.2, 0) is 9.84 Å². The number of benzene rings is 1. The summed E-state index contributed by atoms with van der Waals surface area (Å²) in [5, 5.41) is 2.48. The van der Waals surface area contributed by atoms with Gasteiger partial charge in [-0.25, -0.2) is 8.42 Å². The van der Waals surface area contributed by atoms with Crippen LogP contribution in [-0.4, -0.2) is 20.7 Å². The molecule has 1 unspecified atom stereocenters. The zero-order valence-corrected chi connectivity index (χ0v) is 7.92. The molecule has 0 aromatic heterocycles. The lowest BCUT2D eigenvalue weighted by molar-refractivity contribution is 0.586. The lowest BCUT2D eigenvalue weighted by atomic mass is 10.2. The molecule has 1 atom stereocenters. The molecule has 0 saturated carbocycles. The van der Waals surface area contributed by atoms with Gasteiger partial charge >= 0.3 is 0 Å². The maximum Gasteiger partial charge on any atom is 0.171 e. The Morgan fingerprint density at radius 1 is 1.23 bits per heavy atom. The highest BCUT2D eigenvalue weighted by molar-refractivity contribution is 7.91. The summed E-state index contributed by atoms with van der Waals surface area (Å²) in [7, 11) is -2.95. The van der Waals surface area contributed by atoms with Gasteiger partial charge in [-0.1, -0.05) is 30.3 Å². The molecular formula is C9H11NO2S. The SMILES string of the molecule is O=S1(=O)CCNC1c1ccccc1. The first-order valence-electron chi connectivity index (χ1n) is 4.20. The summed E-state index contributed by atoms with van der Waals surface area (Å²) in [5.41, 5.74) is 0.833. The molecular weight excluding hydrogens is 186 g/mol. The van der Waals surface area contributed by atoms with Crippen LogP contribution in [0.3, 0.4) is 0 Å². The lowest BCUT2D eigenvalue weighted by Gasteiger charge is -2.09. The van der Waals surface area contributed by atoms with Crippen LogP contribution < -0.4 is 5.32 Å². The Morgan fingerprint density at radius 3 is 2.46 bits per heavy atom. The van der Waals surface area contributed by atoms with E-state index in [0.29, 0.717) is 6.54 Å². The number of hydrogen-bond donors (Lipinski definition) is 1. The average molecular weight is 197 g/mol. The molecule has 1 fully saturated rings. The molecule has 0 aliphatic carbocycles. The molecule has 1 saturated heterocycles. The fraction of sp³-hybridized carbons (Fsp3) is 0.333. The van der Waals surface area contributed by atoms with Crippen LogP contribution in [0.25, 0.3) is 0 Å². The summed E-state index contributed by atoms with van der Waals surface area (Å²) >= 11 is 0. The third-order valence-electron chi connectivity index (χ3n) is 2.18.